The van der Waals surface area contributed by atoms with Crippen molar-refractivity contribution < 1.29 is 9.59 Å². The van der Waals surface area contributed by atoms with Gasteiger partial charge in [-0.05, 0) is 30.5 Å². The van der Waals surface area contributed by atoms with Crippen LogP contribution in [0.3, 0.4) is 0 Å². The highest BCUT2D eigenvalue weighted by atomic mass is 35.5. The third-order valence-electron chi connectivity index (χ3n) is 5.21. The second-order valence-corrected chi connectivity index (χ2v) is 9.51. The number of urea groups is 1. The summed E-state index contributed by atoms with van der Waals surface area (Å²) in [5.74, 6) is 0.353. The van der Waals surface area contributed by atoms with Gasteiger partial charge in [0.1, 0.15) is 12.4 Å². The lowest BCUT2D eigenvalue weighted by atomic mass is 10.1. The second kappa shape index (κ2) is 12.6. The number of halogens is 2. The summed E-state index contributed by atoms with van der Waals surface area (Å²) in [7, 11) is 0. The molecule has 0 radical (unpaired) electrons. The van der Waals surface area contributed by atoms with Crippen molar-refractivity contribution in [1.82, 2.24) is 20.0 Å². The Bertz CT molecular complexity index is 1150. The topological polar surface area (TPSA) is 79.3 Å². The Hall–Kier alpha value is -3.03. The number of carbonyl (C=O) groups excluding carboxylic acids is 2. The van der Waals surface area contributed by atoms with Gasteiger partial charge in [0.25, 0.3) is 0 Å². The molecular formula is C26H31Cl2N5O2. The van der Waals surface area contributed by atoms with E-state index in [0.717, 1.165) is 18.4 Å². The molecule has 0 aliphatic rings. The number of aromatic nitrogens is 2. The molecule has 7 nitrogen and oxygen atoms in total. The number of nitrogens with zero attached hydrogens (tertiary/aromatic N) is 3. The van der Waals surface area contributed by atoms with E-state index in [0.29, 0.717) is 40.3 Å². The minimum Gasteiger partial charge on any atom is -0.338 e. The fourth-order valence-corrected chi connectivity index (χ4v) is 3.83. The number of nitrogens with one attached hydrogen (secondary N) is 2. The molecule has 1 aromatic heterocycles. The molecule has 9 heteroatoms. The second-order valence-electron chi connectivity index (χ2n) is 8.70. The summed E-state index contributed by atoms with van der Waals surface area (Å²) in [6.45, 7) is 7.05. The van der Waals surface area contributed by atoms with Crippen LogP contribution in [0.1, 0.15) is 33.6 Å². The number of hydrogen-bond donors (Lipinski definition) is 2. The van der Waals surface area contributed by atoms with Crippen molar-refractivity contribution in [2.75, 3.05) is 25.0 Å². The van der Waals surface area contributed by atoms with Gasteiger partial charge in [-0.3, -0.25) is 4.79 Å². The van der Waals surface area contributed by atoms with Gasteiger partial charge in [-0.15, -0.1) is 0 Å². The van der Waals surface area contributed by atoms with Crippen LogP contribution < -0.4 is 10.6 Å². The van der Waals surface area contributed by atoms with Crippen LogP contribution in [0.15, 0.2) is 54.6 Å². The molecule has 2 aromatic carbocycles. The maximum Gasteiger partial charge on any atom is 0.317 e. The summed E-state index contributed by atoms with van der Waals surface area (Å²) >= 11 is 12.3. The Labute approximate surface area is 216 Å². The van der Waals surface area contributed by atoms with Crippen molar-refractivity contribution in [1.29, 1.82) is 0 Å². The summed E-state index contributed by atoms with van der Waals surface area (Å²) in [5.41, 5.74) is 2.23. The first-order valence-electron chi connectivity index (χ1n) is 11.7. The van der Waals surface area contributed by atoms with Crippen molar-refractivity contribution in [3.63, 3.8) is 0 Å². The van der Waals surface area contributed by atoms with Crippen LogP contribution in [0, 0.1) is 5.92 Å². The van der Waals surface area contributed by atoms with Gasteiger partial charge in [0, 0.05) is 24.7 Å². The number of hydrogen-bond acceptors (Lipinski definition) is 3. The lowest BCUT2D eigenvalue weighted by Crippen LogP contribution is -2.46. The summed E-state index contributed by atoms with van der Waals surface area (Å²) in [6, 6.07) is 16.4. The highest BCUT2D eigenvalue weighted by molar-refractivity contribution is 6.42. The van der Waals surface area contributed by atoms with Gasteiger partial charge in [0.2, 0.25) is 5.91 Å². The predicted octanol–water partition coefficient (Wildman–Crippen LogP) is 6.25. The Morgan fingerprint density at radius 1 is 1.06 bits per heavy atom. The molecule has 3 rings (SSSR count). The van der Waals surface area contributed by atoms with E-state index >= 15 is 0 Å². The Balaban J connectivity index is 1.86. The van der Waals surface area contributed by atoms with Crippen molar-refractivity contribution in [2.45, 2.75) is 33.6 Å². The molecule has 0 bridgehead atoms. The normalized spacial score (nSPS) is 10.9. The average molecular weight is 516 g/mol. The first kappa shape index (κ1) is 26.6. The van der Waals surface area contributed by atoms with Crippen LogP contribution in [-0.2, 0) is 4.79 Å². The number of anilines is 1. The molecule has 0 atom stereocenters. The van der Waals surface area contributed by atoms with Gasteiger partial charge in [-0.25, -0.2) is 9.48 Å². The van der Waals surface area contributed by atoms with Crippen LogP contribution >= 0.6 is 23.2 Å². The summed E-state index contributed by atoms with van der Waals surface area (Å²) in [4.78, 5) is 27.3. The number of amides is 3. The molecule has 0 aliphatic heterocycles. The van der Waals surface area contributed by atoms with Crippen LogP contribution in [0.4, 0.5) is 10.6 Å². The Kier molecular flexibility index (Phi) is 9.57. The minimum atomic E-state index is -0.322. The van der Waals surface area contributed by atoms with Crippen LogP contribution in [0.2, 0.25) is 10.0 Å². The van der Waals surface area contributed by atoms with E-state index in [9.17, 15) is 9.59 Å². The van der Waals surface area contributed by atoms with Crippen LogP contribution in [-0.4, -0.2) is 46.3 Å². The van der Waals surface area contributed by atoms with E-state index in [1.807, 2.05) is 44.2 Å². The standard InChI is InChI=1S/C26H31Cl2N5O2/c1-4-5-13-29-26(35)32(16-18(2)3)17-25(34)30-24-15-23(19-9-7-6-8-10-19)31-33(24)20-11-12-21(27)22(28)14-20/h6-12,14-15,18H,4-5,13,16-17H2,1-3H3,(H,29,35)(H,30,34). The van der Waals surface area contributed by atoms with E-state index in [1.165, 1.54) is 4.90 Å². The quantitative estimate of drug-likeness (QED) is 0.313. The van der Waals surface area contributed by atoms with Gasteiger partial charge in [0.15, 0.2) is 0 Å². The Morgan fingerprint density at radius 3 is 2.46 bits per heavy atom. The third-order valence-corrected chi connectivity index (χ3v) is 5.95. The fraction of sp³-hybridized carbons (Fsp3) is 0.346. The molecule has 3 amide bonds. The summed E-state index contributed by atoms with van der Waals surface area (Å²) in [6.07, 6.45) is 1.87. The lowest BCUT2D eigenvalue weighted by molar-refractivity contribution is -0.116. The molecule has 0 unspecified atom stereocenters. The number of benzene rings is 2. The smallest absolute Gasteiger partial charge is 0.317 e. The first-order valence-corrected chi connectivity index (χ1v) is 12.5. The van der Waals surface area contributed by atoms with Gasteiger partial charge in [-0.2, -0.15) is 5.10 Å². The zero-order valence-corrected chi connectivity index (χ0v) is 21.7. The highest BCUT2D eigenvalue weighted by Crippen LogP contribution is 2.29. The average Bonchev–Trinajstić information content (AvgIpc) is 3.24. The van der Waals surface area contributed by atoms with E-state index in [2.05, 4.69) is 17.6 Å². The van der Waals surface area contributed by atoms with Crippen molar-refractivity contribution in [3.8, 4) is 16.9 Å². The number of unbranched alkanes of at least 4 members (excludes halogenated alkanes) is 1. The molecule has 0 saturated carbocycles. The van der Waals surface area contributed by atoms with E-state index in [1.54, 1.807) is 28.9 Å². The summed E-state index contributed by atoms with van der Waals surface area (Å²) in [5, 5.41) is 11.3. The zero-order chi connectivity index (χ0) is 25.4. The molecule has 1 heterocycles. The van der Waals surface area contributed by atoms with Crippen molar-refractivity contribution >= 4 is 41.0 Å². The monoisotopic (exact) mass is 515 g/mol. The predicted molar refractivity (Wildman–Crippen MR) is 142 cm³/mol. The van der Waals surface area contributed by atoms with E-state index < -0.39 is 0 Å². The SMILES string of the molecule is CCCCNC(=O)N(CC(=O)Nc1cc(-c2ccccc2)nn1-c1ccc(Cl)c(Cl)c1)CC(C)C. The van der Waals surface area contributed by atoms with Gasteiger partial charge in [0.05, 0.1) is 21.4 Å². The molecule has 2 N–H and O–H groups in total. The number of carbonyl (C=O) groups is 2. The molecule has 0 spiro atoms. The van der Waals surface area contributed by atoms with E-state index in [4.69, 9.17) is 28.3 Å². The lowest BCUT2D eigenvalue weighted by Gasteiger charge is -2.24. The van der Waals surface area contributed by atoms with Gasteiger partial charge < -0.3 is 15.5 Å². The van der Waals surface area contributed by atoms with Crippen LogP contribution in [0.5, 0.6) is 0 Å². The Morgan fingerprint density at radius 2 is 1.80 bits per heavy atom. The largest absolute Gasteiger partial charge is 0.338 e. The van der Waals surface area contributed by atoms with Gasteiger partial charge in [-0.1, -0.05) is 80.7 Å². The molecule has 35 heavy (non-hydrogen) atoms. The van der Waals surface area contributed by atoms with Gasteiger partial charge >= 0.3 is 6.03 Å². The minimum absolute atomic E-state index is 0.0800. The van der Waals surface area contributed by atoms with E-state index in [-0.39, 0.29) is 24.4 Å². The fourth-order valence-electron chi connectivity index (χ4n) is 3.53. The maximum absolute atomic E-state index is 13.1. The molecule has 0 aliphatic carbocycles. The molecule has 3 aromatic rings. The highest BCUT2D eigenvalue weighted by Gasteiger charge is 2.20. The van der Waals surface area contributed by atoms with Crippen LogP contribution in [0.25, 0.3) is 16.9 Å². The molecule has 0 fully saturated rings. The van der Waals surface area contributed by atoms with Crippen molar-refractivity contribution in [3.05, 3.63) is 64.6 Å². The number of rotatable bonds is 10. The third kappa shape index (κ3) is 7.47. The molecule has 186 valence electrons. The molecular weight excluding hydrogens is 485 g/mol. The summed E-state index contributed by atoms with van der Waals surface area (Å²) < 4.78 is 1.61. The maximum atomic E-state index is 13.1. The zero-order valence-electron chi connectivity index (χ0n) is 20.2. The first-order chi connectivity index (χ1) is 16.8. The van der Waals surface area contributed by atoms with Crippen molar-refractivity contribution in [2.24, 2.45) is 5.92 Å². The molecule has 0 saturated heterocycles.